The van der Waals surface area contributed by atoms with E-state index in [1.54, 1.807) is 6.07 Å². The SMILES string of the molecule is CCCc1nc(-c2cccc(C#N)c2)c(N)n1CC. The largest absolute Gasteiger partial charge is 0.383 e. The summed E-state index contributed by atoms with van der Waals surface area (Å²) in [5.74, 6) is 1.70. The van der Waals surface area contributed by atoms with Gasteiger partial charge in [0, 0.05) is 18.5 Å². The Morgan fingerprint density at radius 2 is 2.16 bits per heavy atom. The first-order valence-corrected chi connectivity index (χ1v) is 6.56. The molecule has 0 aliphatic heterocycles. The number of aromatic nitrogens is 2. The van der Waals surface area contributed by atoms with Gasteiger partial charge >= 0.3 is 0 Å². The van der Waals surface area contributed by atoms with E-state index in [1.807, 2.05) is 22.8 Å². The molecule has 0 fully saturated rings. The predicted molar refractivity (Wildman–Crippen MR) is 76.5 cm³/mol. The molecule has 0 radical (unpaired) electrons. The Morgan fingerprint density at radius 1 is 1.37 bits per heavy atom. The number of benzene rings is 1. The van der Waals surface area contributed by atoms with E-state index in [2.05, 4.69) is 24.9 Å². The van der Waals surface area contributed by atoms with Gasteiger partial charge in [0.25, 0.3) is 0 Å². The van der Waals surface area contributed by atoms with Crippen molar-refractivity contribution in [1.29, 1.82) is 5.26 Å². The molecule has 1 aromatic heterocycles. The molecular weight excluding hydrogens is 236 g/mol. The van der Waals surface area contributed by atoms with E-state index >= 15 is 0 Å². The Hall–Kier alpha value is -2.28. The number of nitrogens with two attached hydrogens (primary N) is 1. The molecular formula is C15H18N4. The third kappa shape index (κ3) is 2.45. The summed E-state index contributed by atoms with van der Waals surface area (Å²) in [4.78, 5) is 4.64. The predicted octanol–water partition coefficient (Wildman–Crippen LogP) is 2.98. The molecule has 2 N–H and O–H groups in total. The summed E-state index contributed by atoms with van der Waals surface area (Å²) < 4.78 is 2.04. The van der Waals surface area contributed by atoms with Crippen molar-refractivity contribution >= 4 is 5.82 Å². The van der Waals surface area contributed by atoms with Crippen molar-refractivity contribution < 1.29 is 0 Å². The molecule has 0 aliphatic rings. The lowest BCUT2D eigenvalue weighted by Crippen LogP contribution is -2.05. The smallest absolute Gasteiger partial charge is 0.131 e. The van der Waals surface area contributed by atoms with Crippen molar-refractivity contribution in [2.45, 2.75) is 33.2 Å². The van der Waals surface area contributed by atoms with Crippen LogP contribution in [-0.4, -0.2) is 9.55 Å². The second-order valence-electron chi connectivity index (χ2n) is 4.45. The number of hydrogen-bond donors (Lipinski definition) is 1. The van der Waals surface area contributed by atoms with E-state index in [-0.39, 0.29) is 0 Å². The van der Waals surface area contributed by atoms with Crippen molar-refractivity contribution in [3.05, 3.63) is 35.7 Å². The van der Waals surface area contributed by atoms with Gasteiger partial charge in [0.1, 0.15) is 17.3 Å². The Labute approximate surface area is 113 Å². The first-order chi connectivity index (χ1) is 9.21. The van der Waals surface area contributed by atoms with Crippen LogP contribution in [0.4, 0.5) is 5.82 Å². The summed E-state index contributed by atoms with van der Waals surface area (Å²) in [5, 5.41) is 8.96. The van der Waals surface area contributed by atoms with Crippen molar-refractivity contribution in [2.24, 2.45) is 0 Å². The van der Waals surface area contributed by atoms with Gasteiger partial charge in [-0.2, -0.15) is 5.26 Å². The van der Waals surface area contributed by atoms with Crippen LogP contribution < -0.4 is 5.73 Å². The standard InChI is InChI=1S/C15H18N4/c1-3-6-13-18-14(15(17)19(13)4-2)12-8-5-7-11(9-12)10-16/h5,7-9H,3-4,6,17H2,1-2H3. The number of anilines is 1. The molecule has 4 heteroatoms. The second-order valence-corrected chi connectivity index (χ2v) is 4.45. The second kappa shape index (κ2) is 5.57. The number of hydrogen-bond acceptors (Lipinski definition) is 3. The average Bonchev–Trinajstić information content (AvgIpc) is 2.75. The Kier molecular flexibility index (Phi) is 3.86. The molecule has 2 aromatic rings. The normalized spacial score (nSPS) is 10.4. The molecule has 2 rings (SSSR count). The highest BCUT2D eigenvalue weighted by molar-refractivity contribution is 5.72. The molecule has 0 saturated heterocycles. The minimum absolute atomic E-state index is 0.625. The Bertz CT molecular complexity index is 620. The maximum Gasteiger partial charge on any atom is 0.131 e. The van der Waals surface area contributed by atoms with Crippen LogP contribution in [0.1, 0.15) is 31.7 Å². The zero-order valence-corrected chi connectivity index (χ0v) is 11.3. The molecule has 1 heterocycles. The quantitative estimate of drug-likeness (QED) is 0.912. The van der Waals surface area contributed by atoms with Crippen molar-refractivity contribution in [3.63, 3.8) is 0 Å². The number of imidazole rings is 1. The van der Waals surface area contributed by atoms with Gasteiger partial charge in [-0.25, -0.2) is 4.98 Å². The lowest BCUT2D eigenvalue weighted by molar-refractivity contribution is 0.690. The van der Waals surface area contributed by atoms with Gasteiger partial charge in [0.05, 0.1) is 11.6 Å². The molecule has 1 aromatic carbocycles. The third-order valence-corrected chi connectivity index (χ3v) is 3.14. The monoisotopic (exact) mass is 254 g/mol. The molecule has 0 atom stereocenters. The minimum Gasteiger partial charge on any atom is -0.383 e. The Morgan fingerprint density at radius 3 is 2.79 bits per heavy atom. The summed E-state index contributed by atoms with van der Waals surface area (Å²) in [6, 6.07) is 9.55. The number of aryl methyl sites for hydroxylation is 1. The number of rotatable bonds is 4. The van der Waals surface area contributed by atoms with Crippen LogP contribution in [0.5, 0.6) is 0 Å². The maximum atomic E-state index is 8.96. The topological polar surface area (TPSA) is 67.6 Å². The fourth-order valence-corrected chi connectivity index (χ4v) is 2.23. The van der Waals surface area contributed by atoms with Crippen LogP contribution in [0.25, 0.3) is 11.3 Å². The highest BCUT2D eigenvalue weighted by atomic mass is 15.1. The highest BCUT2D eigenvalue weighted by Gasteiger charge is 2.14. The molecule has 0 unspecified atom stereocenters. The van der Waals surface area contributed by atoms with Gasteiger partial charge in [-0.05, 0) is 25.5 Å². The summed E-state index contributed by atoms with van der Waals surface area (Å²) in [7, 11) is 0. The van der Waals surface area contributed by atoms with Crippen LogP contribution in [-0.2, 0) is 13.0 Å². The summed E-state index contributed by atoms with van der Waals surface area (Å²) in [6.07, 6.45) is 1.95. The first kappa shape index (κ1) is 13.2. The van der Waals surface area contributed by atoms with Gasteiger partial charge in [-0.3, -0.25) is 0 Å². The van der Waals surface area contributed by atoms with Crippen LogP contribution in [0, 0.1) is 11.3 Å². The lowest BCUT2D eigenvalue weighted by atomic mass is 10.1. The van der Waals surface area contributed by atoms with Gasteiger partial charge in [-0.1, -0.05) is 19.1 Å². The van der Waals surface area contributed by atoms with E-state index in [1.165, 1.54) is 0 Å². The highest BCUT2D eigenvalue weighted by Crippen LogP contribution is 2.27. The van der Waals surface area contributed by atoms with E-state index < -0.39 is 0 Å². The van der Waals surface area contributed by atoms with Crippen LogP contribution in [0.3, 0.4) is 0 Å². The first-order valence-electron chi connectivity index (χ1n) is 6.56. The number of nitrogen functional groups attached to an aromatic ring is 1. The van der Waals surface area contributed by atoms with Gasteiger partial charge in [-0.15, -0.1) is 0 Å². The molecule has 0 bridgehead atoms. The van der Waals surface area contributed by atoms with Gasteiger partial charge in [0.15, 0.2) is 0 Å². The molecule has 0 amide bonds. The van der Waals surface area contributed by atoms with Gasteiger partial charge in [0.2, 0.25) is 0 Å². The van der Waals surface area contributed by atoms with E-state index in [0.29, 0.717) is 11.4 Å². The van der Waals surface area contributed by atoms with Gasteiger partial charge < -0.3 is 10.3 Å². The molecule has 98 valence electrons. The number of nitrogens with zero attached hydrogens (tertiary/aromatic N) is 3. The average molecular weight is 254 g/mol. The fraction of sp³-hybridized carbons (Fsp3) is 0.333. The molecule has 0 spiro atoms. The van der Waals surface area contributed by atoms with Crippen LogP contribution in [0.15, 0.2) is 24.3 Å². The van der Waals surface area contributed by atoms with Crippen LogP contribution >= 0.6 is 0 Å². The summed E-state index contributed by atoms with van der Waals surface area (Å²) in [6.45, 7) is 5.00. The third-order valence-electron chi connectivity index (χ3n) is 3.14. The van der Waals surface area contributed by atoms with Crippen molar-refractivity contribution in [1.82, 2.24) is 9.55 Å². The molecule has 19 heavy (non-hydrogen) atoms. The van der Waals surface area contributed by atoms with Crippen molar-refractivity contribution in [2.75, 3.05) is 5.73 Å². The fourth-order valence-electron chi connectivity index (χ4n) is 2.23. The zero-order chi connectivity index (χ0) is 13.8. The zero-order valence-electron chi connectivity index (χ0n) is 11.3. The van der Waals surface area contributed by atoms with E-state index in [4.69, 9.17) is 11.0 Å². The minimum atomic E-state index is 0.625. The Balaban J connectivity index is 2.53. The van der Waals surface area contributed by atoms with E-state index in [0.717, 1.165) is 36.5 Å². The molecule has 0 aliphatic carbocycles. The van der Waals surface area contributed by atoms with Crippen LogP contribution in [0.2, 0.25) is 0 Å². The summed E-state index contributed by atoms with van der Waals surface area (Å²) >= 11 is 0. The molecule has 4 nitrogen and oxygen atoms in total. The summed E-state index contributed by atoms with van der Waals surface area (Å²) in [5.41, 5.74) is 8.49. The van der Waals surface area contributed by atoms with E-state index in [9.17, 15) is 0 Å². The maximum absolute atomic E-state index is 8.96. The molecule has 0 saturated carbocycles. The lowest BCUT2D eigenvalue weighted by Gasteiger charge is -2.05. The van der Waals surface area contributed by atoms with Crippen molar-refractivity contribution in [3.8, 4) is 17.3 Å². The number of nitriles is 1.